The molecule has 1 aromatic rings. The summed E-state index contributed by atoms with van der Waals surface area (Å²) in [5, 5.41) is 8.54. The van der Waals surface area contributed by atoms with Crippen LogP contribution < -0.4 is 15.0 Å². The Bertz CT molecular complexity index is 289. The number of rotatable bonds is 5. The van der Waals surface area contributed by atoms with Crippen LogP contribution in [-0.4, -0.2) is 18.9 Å². The van der Waals surface area contributed by atoms with E-state index in [1.54, 1.807) is 7.11 Å². The van der Waals surface area contributed by atoms with E-state index in [-0.39, 0.29) is 0 Å². The molecule has 0 saturated heterocycles. The van der Waals surface area contributed by atoms with Crippen LogP contribution in [0.1, 0.15) is 12.5 Å². The first kappa shape index (κ1) is 10.8. The molecule has 0 saturated carbocycles. The number of ether oxygens (including phenoxy) is 2. The largest absolute Gasteiger partial charge is 0.493 e. The van der Waals surface area contributed by atoms with Crippen LogP contribution in [0.15, 0.2) is 18.2 Å². The van der Waals surface area contributed by atoms with Crippen LogP contribution in [0.2, 0.25) is 0 Å². The van der Waals surface area contributed by atoms with Gasteiger partial charge in [0.2, 0.25) is 0 Å². The van der Waals surface area contributed by atoms with Gasteiger partial charge in [-0.25, -0.2) is 5.48 Å². The highest BCUT2D eigenvalue weighted by Gasteiger charge is 2.04. The van der Waals surface area contributed by atoms with E-state index in [2.05, 4.69) is 5.48 Å². The van der Waals surface area contributed by atoms with Gasteiger partial charge in [-0.15, -0.1) is 0 Å². The summed E-state index contributed by atoms with van der Waals surface area (Å²) in [4.78, 5) is 0. The number of nitrogens with one attached hydrogen (secondary N) is 1. The third-order valence-corrected chi connectivity index (χ3v) is 1.81. The third kappa shape index (κ3) is 2.61. The van der Waals surface area contributed by atoms with E-state index in [0.717, 1.165) is 5.56 Å². The molecule has 4 nitrogen and oxygen atoms in total. The Labute approximate surface area is 83.4 Å². The van der Waals surface area contributed by atoms with Crippen molar-refractivity contribution in [2.75, 3.05) is 13.7 Å². The van der Waals surface area contributed by atoms with E-state index in [0.29, 0.717) is 24.7 Å². The number of benzene rings is 1. The second-order valence-corrected chi connectivity index (χ2v) is 2.75. The first-order valence-corrected chi connectivity index (χ1v) is 4.48. The van der Waals surface area contributed by atoms with Gasteiger partial charge < -0.3 is 14.7 Å². The van der Waals surface area contributed by atoms with Gasteiger partial charge in [0, 0.05) is 6.54 Å². The molecular formula is C10H15NO3. The highest BCUT2D eigenvalue weighted by atomic mass is 16.5. The maximum absolute atomic E-state index is 8.54. The van der Waals surface area contributed by atoms with Crippen LogP contribution in [0.5, 0.6) is 11.5 Å². The lowest BCUT2D eigenvalue weighted by Crippen LogP contribution is -2.06. The summed E-state index contributed by atoms with van der Waals surface area (Å²) < 4.78 is 10.5. The molecule has 0 atom stereocenters. The molecule has 2 N–H and O–H groups in total. The zero-order valence-electron chi connectivity index (χ0n) is 8.41. The van der Waals surface area contributed by atoms with Crippen molar-refractivity contribution in [1.82, 2.24) is 5.48 Å². The van der Waals surface area contributed by atoms with Gasteiger partial charge in [-0.1, -0.05) is 6.07 Å². The second kappa shape index (κ2) is 5.47. The highest BCUT2D eigenvalue weighted by molar-refractivity contribution is 5.42. The Kier molecular flexibility index (Phi) is 4.22. The van der Waals surface area contributed by atoms with E-state index < -0.39 is 0 Å². The minimum atomic E-state index is 0.393. The van der Waals surface area contributed by atoms with E-state index >= 15 is 0 Å². The predicted molar refractivity (Wildman–Crippen MR) is 52.8 cm³/mol. The first-order valence-electron chi connectivity index (χ1n) is 4.48. The first-order chi connectivity index (χ1) is 6.81. The van der Waals surface area contributed by atoms with Crippen LogP contribution in [-0.2, 0) is 6.54 Å². The van der Waals surface area contributed by atoms with E-state index in [9.17, 15) is 0 Å². The molecule has 0 aliphatic rings. The summed E-state index contributed by atoms with van der Waals surface area (Å²) in [6, 6.07) is 5.52. The van der Waals surface area contributed by atoms with Crippen molar-refractivity contribution >= 4 is 0 Å². The smallest absolute Gasteiger partial charge is 0.161 e. The Hall–Kier alpha value is -1.26. The molecule has 0 bridgehead atoms. The average Bonchev–Trinajstić information content (AvgIpc) is 2.19. The Morgan fingerprint density at radius 3 is 2.71 bits per heavy atom. The van der Waals surface area contributed by atoms with Gasteiger partial charge in [-0.2, -0.15) is 0 Å². The molecule has 0 amide bonds. The van der Waals surface area contributed by atoms with Crippen LogP contribution in [0.3, 0.4) is 0 Å². The number of hydrogen-bond donors (Lipinski definition) is 2. The molecular weight excluding hydrogens is 182 g/mol. The van der Waals surface area contributed by atoms with Gasteiger partial charge in [-0.3, -0.25) is 0 Å². The van der Waals surface area contributed by atoms with E-state index in [1.165, 1.54) is 0 Å². The molecule has 4 heteroatoms. The molecule has 0 spiro atoms. The van der Waals surface area contributed by atoms with Crippen molar-refractivity contribution in [3.8, 4) is 11.5 Å². The van der Waals surface area contributed by atoms with E-state index in [1.807, 2.05) is 25.1 Å². The molecule has 0 aromatic heterocycles. The molecule has 1 aromatic carbocycles. The fraction of sp³-hybridized carbons (Fsp3) is 0.400. The molecule has 0 heterocycles. The molecule has 0 aliphatic carbocycles. The molecule has 78 valence electrons. The van der Waals surface area contributed by atoms with Gasteiger partial charge in [-0.05, 0) is 24.6 Å². The van der Waals surface area contributed by atoms with Crippen LogP contribution in [0.25, 0.3) is 0 Å². The monoisotopic (exact) mass is 197 g/mol. The Balaban J connectivity index is 2.88. The topological polar surface area (TPSA) is 50.7 Å². The van der Waals surface area contributed by atoms with E-state index in [4.69, 9.17) is 14.7 Å². The maximum atomic E-state index is 8.54. The molecule has 0 unspecified atom stereocenters. The number of hydrogen-bond acceptors (Lipinski definition) is 4. The molecule has 0 aliphatic heterocycles. The summed E-state index contributed by atoms with van der Waals surface area (Å²) in [5.74, 6) is 1.40. The minimum absolute atomic E-state index is 0.393. The van der Waals surface area contributed by atoms with Gasteiger partial charge in [0.15, 0.2) is 11.5 Å². The van der Waals surface area contributed by atoms with Crippen molar-refractivity contribution in [2.24, 2.45) is 0 Å². The Morgan fingerprint density at radius 1 is 1.36 bits per heavy atom. The lowest BCUT2D eigenvalue weighted by molar-refractivity contribution is 0.161. The van der Waals surface area contributed by atoms with Gasteiger partial charge in [0.1, 0.15) is 0 Å². The minimum Gasteiger partial charge on any atom is -0.493 e. The van der Waals surface area contributed by atoms with Crippen molar-refractivity contribution in [3.05, 3.63) is 23.8 Å². The van der Waals surface area contributed by atoms with Gasteiger partial charge in [0.05, 0.1) is 13.7 Å². The quantitative estimate of drug-likeness (QED) is 0.703. The van der Waals surface area contributed by atoms with Crippen LogP contribution in [0, 0.1) is 0 Å². The standard InChI is InChI=1S/C10H15NO3/c1-3-14-10-6-8(7-11-12)4-5-9(10)13-2/h4-6,11-12H,3,7H2,1-2H3. The average molecular weight is 197 g/mol. The fourth-order valence-electron chi connectivity index (χ4n) is 1.19. The summed E-state index contributed by atoms with van der Waals surface area (Å²) in [6.07, 6.45) is 0. The number of hydroxylamine groups is 1. The molecule has 1 rings (SSSR count). The van der Waals surface area contributed by atoms with Gasteiger partial charge in [0.25, 0.3) is 0 Å². The summed E-state index contributed by atoms with van der Waals surface area (Å²) >= 11 is 0. The third-order valence-electron chi connectivity index (χ3n) is 1.81. The summed E-state index contributed by atoms with van der Waals surface area (Å²) in [5.41, 5.74) is 3.04. The lowest BCUT2D eigenvalue weighted by atomic mass is 10.2. The zero-order valence-corrected chi connectivity index (χ0v) is 8.41. The normalized spacial score (nSPS) is 9.93. The fourth-order valence-corrected chi connectivity index (χ4v) is 1.19. The number of methoxy groups -OCH3 is 1. The SMILES string of the molecule is CCOc1cc(CNO)ccc1OC. The van der Waals surface area contributed by atoms with Crippen molar-refractivity contribution in [3.63, 3.8) is 0 Å². The zero-order chi connectivity index (χ0) is 10.4. The predicted octanol–water partition coefficient (Wildman–Crippen LogP) is 1.57. The second-order valence-electron chi connectivity index (χ2n) is 2.75. The lowest BCUT2D eigenvalue weighted by Gasteiger charge is -2.10. The van der Waals surface area contributed by atoms with Crippen LogP contribution in [0.4, 0.5) is 0 Å². The molecule has 0 radical (unpaired) electrons. The van der Waals surface area contributed by atoms with Gasteiger partial charge >= 0.3 is 0 Å². The summed E-state index contributed by atoms with van der Waals surface area (Å²) in [6.45, 7) is 2.90. The molecule has 14 heavy (non-hydrogen) atoms. The molecule has 0 fully saturated rings. The summed E-state index contributed by atoms with van der Waals surface area (Å²) in [7, 11) is 1.60. The maximum Gasteiger partial charge on any atom is 0.161 e. The highest BCUT2D eigenvalue weighted by Crippen LogP contribution is 2.27. The van der Waals surface area contributed by atoms with Crippen LogP contribution >= 0.6 is 0 Å². The van der Waals surface area contributed by atoms with Crippen molar-refractivity contribution in [1.29, 1.82) is 0 Å². The Morgan fingerprint density at radius 2 is 2.14 bits per heavy atom. The van der Waals surface area contributed by atoms with Crippen molar-refractivity contribution < 1.29 is 14.7 Å². The van der Waals surface area contributed by atoms with Crippen molar-refractivity contribution in [2.45, 2.75) is 13.5 Å².